The standard InChI is InChI=1S/C14H21NO2S/c1-10-8-9-18-11(10)6-7-12(16)15-13(2,3)14(4,5)17/h6-9,17H,1-5H3,(H,15,16)/b7-6+. The van der Waals surface area contributed by atoms with Crippen molar-refractivity contribution >= 4 is 23.3 Å². The zero-order chi connectivity index (χ0) is 14.0. The molecule has 1 heterocycles. The predicted molar refractivity (Wildman–Crippen MR) is 76.6 cm³/mol. The van der Waals surface area contributed by atoms with Crippen molar-refractivity contribution in [1.82, 2.24) is 5.32 Å². The molecule has 1 amide bonds. The summed E-state index contributed by atoms with van der Waals surface area (Å²) in [6, 6.07) is 2.02. The molecule has 0 radical (unpaired) electrons. The summed E-state index contributed by atoms with van der Waals surface area (Å²) >= 11 is 1.60. The van der Waals surface area contributed by atoms with Crippen molar-refractivity contribution in [3.63, 3.8) is 0 Å². The molecule has 0 saturated carbocycles. The molecule has 0 spiro atoms. The Labute approximate surface area is 113 Å². The van der Waals surface area contributed by atoms with Crippen molar-refractivity contribution in [1.29, 1.82) is 0 Å². The number of aliphatic hydroxyl groups is 1. The van der Waals surface area contributed by atoms with Gasteiger partial charge >= 0.3 is 0 Å². The Hall–Kier alpha value is -1.13. The Kier molecular flexibility index (Phi) is 4.35. The Morgan fingerprint density at radius 3 is 2.44 bits per heavy atom. The molecule has 0 aliphatic heterocycles. The van der Waals surface area contributed by atoms with Crippen molar-refractivity contribution in [2.45, 2.75) is 45.8 Å². The Morgan fingerprint density at radius 1 is 1.39 bits per heavy atom. The quantitative estimate of drug-likeness (QED) is 0.824. The van der Waals surface area contributed by atoms with Crippen molar-refractivity contribution in [3.8, 4) is 0 Å². The first kappa shape index (κ1) is 14.9. The average Bonchev–Trinajstić information content (AvgIpc) is 2.58. The first-order chi connectivity index (χ1) is 8.13. The minimum absolute atomic E-state index is 0.199. The summed E-state index contributed by atoms with van der Waals surface area (Å²) in [5, 5.41) is 14.8. The monoisotopic (exact) mass is 267 g/mol. The van der Waals surface area contributed by atoms with E-state index >= 15 is 0 Å². The molecule has 0 atom stereocenters. The zero-order valence-corrected chi connectivity index (χ0v) is 12.4. The number of hydrogen-bond donors (Lipinski definition) is 2. The van der Waals surface area contributed by atoms with E-state index in [-0.39, 0.29) is 5.91 Å². The van der Waals surface area contributed by atoms with E-state index in [1.165, 1.54) is 6.08 Å². The van der Waals surface area contributed by atoms with Crippen LogP contribution in [0.3, 0.4) is 0 Å². The van der Waals surface area contributed by atoms with E-state index in [0.29, 0.717) is 0 Å². The molecule has 0 aromatic carbocycles. The van der Waals surface area contributed by atoms with Gasteiger partial charge in [-0.2, -0.15) is 0 Å². The van der Waals surface area contributed by atoms with Gasteiger partial charge in [-0.1, -0.05) is 0 Å². The summed E-state index contributed by atoms with van der Waals surface area (Å²) in [5.41, 5.74) is -0.500. The van der Waals surface area contributed by atoms with E-state index < -0.39 is 11.1 Å². The molecular formula is C14H21NO2S. The van der Waals surface area contributed by atoms with Crippen LogP contribution in [-0.4, -0.2) is 22.2 Å². The highest BCUT2D eigenvalue weighted by atomic mass is 32.1. The molecule has 4 heteroatoms. The van der Waals surface area contributed by atoms with Crippen LogP contribution in [-0.2, 0) is 4.79 Å². The SMILES string of the molecule is Cc1ccsc1/C=C/C(=O)NC(C)(C)C(C)(C)O. The van der Waals surface area contributed by atoms with Crippen molar-refractivity contribution in [3.05, 3.63) is 28.0 Å². The second kappa shape index (κ2) is 5.24. The lowest BCUT2D eigenvalue weighted by atomic mass is 9.86. The van der Waals surface area contributed by atoms with Crippen LogP contribution in [0, 0.1) is 6.92 Å². The third-order valence-electron chi connectivity index (χ3n) is 3.25. The van der Waals surface area contributed by atoms with Gasteiger partial charge < -0.3 is 10.4 Å². The molecule has 0 aliphatic rings. The van der Waals surface area contributed by atoms with Gasteiger partial charge in [0.15, 0.2) is 0 Å². The molecule has 0 fully saturated rings. The second-order valence-corrected chi connectivity index (χ2v) is 6.42. The highest BCUT2D eigenvalue weighted by molar-refractivity contribution is 7.11. The third-order valence-corrected chi connectivity index (χ3v) is 4.24. The van der Waals surface area contributed by atoms with Crippen molar-refractivity contribution in [2.24, 2.45) is 0 Å². The van der Waals surface area contributed by atoms with Gasteiger partial charge in [0.1, 0.15) is 0 Å². The summed E-state index contributed by atoms with van der Waals surface area (Å²) in [4.78, 5) is 12.9. The molecule has 0 unspecified atom stereocenters. The average molecular weight is 267 g/mol. The maximum absolute atomic E-state index is 11.8. The molecule has 0 aliphatic carbocycles. The van der Waals surface area contributed by atoms with Gasteiger partial charge in [-0.15, -0.1) is 11.3 Å². The molecule has 1 rings (SSSR count). The molecule has 2 N–H and O–H groups in total. The number of carbonyl (C=O) groups is 1. The Morgan fingerprint density at radius 2 is 2.00 bits per heavy atom. The molecule has 1 aromatic rings. The summed E-state index contributed by atoms with van der Waals surface area (Å²) in [6.07, 6.45) is 3.31. The van der Waals surface area contributed by atoms with Crippen LogP contribution in [0.15, 0.2) is 17.5 Å². The van der Waals surface area contributed by atoms with Gasteiger partial charge in [0.05, 0.1) is 11.1 Å². The number of aryl methyl sites for hydroxylation is 1. The van der Waals surface area contributed by atoms with E-state index in [1.54, 1.807) is 45.1 Å². The summed E-state index contributed by atoms with van der Waals surface area (Å²) in [5.74, 6) is -0.199. The smallest absolute Gasteiger partial charge is 0.244 e. The van der Waals surface area contributed by atoms with Gasteiger partial charge in [0, 0.05) is 11.0 Å². The number of carbonyl (C=O) groups excluding carboxylic acids is 1. The largest absolute Gasteiger partial charge is 0.388 e. The maximum Gasteiger partial charge on any atom is 0.244 e. The minimum atomic E-state index is -0.977. The fourth-order valence-corrected chi connectivity index (χ4v) is 2.03. The van der Waals surface area contributed by atoms with E-state index in [2.05, 4.69) is 5.32 Å². The van der Waals surface area contributed by atoms with Crippen LogP contribution in [0.1, 0.15) is 38.1 Å². The fourth-order valence-electron chi connectivity index (χ4n) is 1.21. The van der Waals surface area contributed by atoms with Gasteiger partial charge in [0.2, 0.25) is 5.91 Å². The van der Waals surface area contributed by atoms with E-state index in [9.17, 15) is 9.90 Å². The van der Waals surface area contributed by atoms with Gasteiger partial charge in [-0.3, -0.25) is 4.79 Å². The first-order valence-corrected chi connectivity index (χ1v) is 6.78. The van der Waals surface area contributed by atoms with Crippen LogP contribution < -0.4 is 5.32 Å². The third kappa shape index (κ3) is 3.68. The molecule has 100 valence electrons. The van der Waals surface area contributed by atoms with Crippen LogP contribution in [0.5, 0.6) is 0 Å². The lowest BCUT2D eigenvalue weighted by molar-refractivity contribution is -0.121. The fraction of sp³-hybridized carbons (Fsp3) is 0.500. The number of hydrogen-bond acceptors (Lipinski definition) is 3. The van der Waals surface area contributed by atoms with Gasteiger partial charge in [0.25, 0.3) is 0 Å². The zero-order valence-electron chi connectivity index (χ0n) is 11.6. The molecule has 0 bridgehead atoms. The number of amides is 1. The number of rotatable bonds is 4. The molecule has 3 nitrogen and oxygen atoms in total. The van der Waals surface area contributed by atoms with Gasteiger partial charge in [-0.05, 0) is 57.7 Å². The molecule has 1 aromatic heterocycles. The van der Waals surface area contributed by atoms with Gasteiger partial charge in [-0.25, -0.2) is 0 Å². The molecule has 0 saturated heterocycles. The first-order valence-electron chi connectivity index (χ1n) is 5.90. The highest BCUT2D eigenvalue weighted by Crippen LogP contribution is 2.21. The van der Waals surface area contributed by atoms with Crippen LogP contribution >= 0.6 is 11.3 Å². The maximum atomic E-state index is 11.8. The van der Waals surface area contributed by atoms with E-state index in [4.69, 9.17) is 0 Å². The summed E-state index contributed by atoms with van der Waals surface area (Å²) in [6.45, 7) is 8.97. The molecule has 18 heavy (non-hydrogen) atoms. The minimum Gasteiger partial charge on any atom is -0.388 e. The normalized spacial score (nSPS) is 13.0. The van der Waals surface area contributed by atoms with E-state index in [0.717, 1.165) is 10.4 Å². The topological polar surface area (TPSA) is 49.3 Å². The summed E-state index contributed by atoms with van der Waals surface area (Å²) < 4.78 is 0. The van der Waals surface area contributed by atoms with Crippen molar-refractivity contribution in [2.75, 3.05) is 0 Å². The van der Waals surface area contributed by atoms with Crippen molar-refractivity contribution < 1.29 is 9.90 Å². The lowest BCUT2D eigenvalue weighted by Gasteiger charge is -2.37. The Balaban J connectivity index is 2.69. The molecular weight excluding hydrogens is 246 g/mol. The predicted octanol–water partition coefficient (Wildman–Crippen LogP) is 2.74. The lowest BCUT2D eigenvalue weighted by Crippen LogP contribution is -2.57. The van der Waals surface area contributed by atoms with Crippen LogP contribution in [0.25, 0.3) is 6.08 Å². The number of nitrogens with one attached hydrogen (secondary N) is 1. The van der Waals surface area contributed by atoms with E-state index in [1.807, 2.05) is 18.4 Å². The summed E-state index contributed by atoms with van der Waals surface area (Å²) in [7, 11) is 0. The Bertz CT molecular complexity index is 453. The van der Waals surface area contributed by atoms with Crippen LogP contribution in [0.2, 0.25) is 0 Å². The van der Waals surface area contributed by atoms with Crippen LogP contribution in [0.4, 0.5) is 0 Å². The second-order valence-electron chi connectivity index (χ2n) is 5.47. The highest BCUT2D eigenvalue weighted by Gasteiger charge is 2.35. The number of thiophene rings is 1.